The summed E-state index contributed by atoms with van der Waals surface area (Å²) in [5.74, 6) is 0.0738. The van der Waals surface area contributed by atoms with Crippen molar-refractivity contribution in [3.05, 3.63) is 45.7 Å². The highest BCUT2D eigenvalue weighted by atomic mass is 79.9. The van der Waals surface area contributed by atoms with Gasteiger partial charge in [-0.25, -0.2) is 0 Å². The number of thiophene rings is 1. The van der Waals surface area contributed by atoms with Gasteiger partial charge in [0.2, 0.25) is 0 Å². The summed E-state index contributed by atoms with van der Waals surface area (Å²) in [5, 5.41) is 6.84. The van der Waals surface area contributed by atoms with Crippen molar-refractivity contribution in [1.29, 1.82) is 0 Å². The van der Waals surface area contributed by atoms with E-state index in [1.165, 1.54) is 12.8 Å². The summed E-state index contributed by atoms with van der Waals surface area (Å²) in [4.78, 5) is 14.4. The molecule has 2 bridgehead atoms. The lowest BCUT2D eigenvalue weighted by Gasteiger charge is -2.29. The minimum Gasteiger partial charge on any atom is -0.348 e. The van der Waals surface area contributed by atoms with Gasteiger partial charge in [-0.05, 0) is 55.5 Å². The maximum Gasteiger partial charge on any atom is 0.261 e. The fraction of sp³-hybridized carbons (Fsp3) is 0.389. The van der Waals surface area contributed by atoms with Crippen molar-refractivity contribution in [3.63, 3.8) is 0 Å². The molecule has 6 heteroatoms. The van der Waals surface area contributed by atoms with E-state index >= 15 is 0 Å². The van der Waals surface area contributed by atoms with Crippen LogP contribution in [0.5, 0.6) is 0 Å². The largest absolute Gasteiger partial charge is 0.348 e. The molecule has 1 aromatic carbocycles. The van der Waals surface area contributed by atoms with Gasteiger partial charge in [0, 0.05) is 27.5 Å². The predicted molar refractivity (Wildman–Crippen MR) is 105 cm³/mol. The van der Waals surface area contributed by atoms with Crippen LogP contribution in [0.1, 0.15) is 35.4 Å². The van der Waals surface area contributed by atoms with Crippen LogP contribution in [0.2, 0.25) is 0 Å². The van der Waals surface area contributed by atoms with Crippen molar-refractivity contribution < 1.29 is 4.79 Å². The van der Waals surface area contributed by atoms with Gasteiger partial charge in [-0.1, -0.05) is 28.1 Å². The third-order valence-corrected chi connectivity index (χ3v) is 6.43. The highest BCUT2D eigenvalue weighted by molar-refractivity contribution is 9.10. The predicted octanol–water partition coefficient (Wildman–Crippen LogP) is 4.61. The normalized spacial score (nSPS) is 25.1. The first kappa shape index (κ1) is 17.9. The Kier molecular flexibility index (Phi) is 5.65. The first-order chi connectivity index (χ1) is 11.2. The van der Waals surface area contributed by atoms with Crippen molar-refractivity contribution in [1.82, 2.24) is 10.6 Å². The van der Waals surface area contributed by atoms with Gasteiger partial charge in [0.1, 0.15) is 0 Å². The van der Waals surface area contributed by atoms with E-state index in [2.05, 4.69) is 38.7 Å². The maximum absolute atomic E-state index is 12.5. The van der Waals surface area contributed by atoms with Gasteiger partial charge >= 0.3 is 0 Å². The second-order valence-electron chi connectivity index (χ2n) is 6.45. The van der Waals surface area contributed by atoms with E-state index in [-0.39, 0.29) is 18.3 Å². The minimum absolute atomic E-state index is 0. The minimum atomic E-state index is 0. The number of rotatable bonds is 3. The van der Waals surface area contributed by atoms with Crippen molar-refractivity contribution in [2.24, 2.45) is 0 Å². The molecule has 1 amide bonds. The number of carbonyl (C=O) groups is 1. The second kappa shape index (κ2) is 7.56. The van der Waals surface area contributed by atoms with Crippen LogP contribution in [-0.2, 0) is 0 Å². The Labute approximate surface area is 160 Å². The molecule has 2 saturated heterocycles. The molecule has 128 valence electrons. The number of hydrogen-bond acceptors (Lipinski definition) is 3. The number of amides is 1. The molecule has 0 radical (unpaired) electrons. The maximum atomic E-state index is 12.5. The van der Waals surface area contributed by atoms with E-state index in [1.54, 1.807) is 11.3 Å². The summed E-state index contributed by atoms with van der Waals surface area (Å²) in [6.45, 7) is 0. The first-order valence-electron chi connectivity index (χ1n) is 8.10. The number of piperidine rings is 1. The zero-order valence-electron chi connectivity index (χ0n) is 13.1. The summed E-state index contributed by atoms with van der Waals surface area (Å²) in [6.07, 6.45) is 4.63. The molecule has 2 fully saturated rings. The number of halogens is 2. The first-order valence-corrected chi connectivity index (χ1v) is 9.71. The number of benzene rings is 1. The van der Waals surface area contributed by atoms with Crippen LogP contribution in [0.25, 0.3) is 10.4 Å². The molecule has 4 rings (SSSR count). The molecular formula is C18H20BrClN2OS. The van der Waals surface area contributed by atoms with Gasteiger partial charge in [-0.15, -0.1) is 23.7 Å². The molecule has 2 aliphatic heterocycles. The number of carbonyl (C=O) groups excluding carboxylic acids is 1. The second-order valence-corrected chi connectivity index (χ2v) is 8.45. The molecule has 0 aliphatic carbocycles. The highest BCUT2D eigenvalue weighted by Crippen LogP contribution is 2.30. The SMILES string of the molecule is Cl.O=C(NC1CC2CCC(C1)N2)c1ccc(-c2ccc(Br)cc2)s1. The van der Waals surface area contributed by atoms with E-state index in [4.69, 9.17) is 0 Å². The number of hydrogen-bond donors (Lipinski definition) is 2. The quantitative estimate of drug-likeness (QED) is 0.751. The molecule has 2 unspecified atom stereocenters. The van der Waals surface area contributed by atoms with Gasteiger partial charge in [0.25, 0.3) is 5.91 Å². The highest BCUT2D eigenvalue weighted by Gasteiger charge is 2.34. The molecular weight excluding hydrogens is 408 g/mol. The van der Waals surface area contributed by atoms with Crippen molar-refractivity contribution in [3.8, 4) is 10.4 Å². The van der Waals surface area contributed by atoms with Crippen LogP contribution in [0.4, 0.5) is 0 Å². The average molecular weight is 428 g/mol. The number of nitrogens with one attached hydrogen (secondary N) is 2. The molecule has 2 N–H and O–H groups in total. The van der Waals surface area contributed by atoms with Gasteiger partial charge in [0.05, 0.1) is 4.88 Å². The van der Waals surface area contributed by atoms with E-state index in [9.17, 15) is 4.79 Å². The molecule has 0 spiro atoms. The summed E-state index contributed by atoms with van der Waals surface area (Å²) in [6, 6.07) is 13.7. The third-order valence-electron chi connectivity index (χ3n) is 4.77. The summed E-state index contributed by atoms with van der Waals surface area (Å²) >= 11 is 5.01. The third kappa shape index (κ3) is 3.85. The molecule has 2 aliphatic rings. The monoisotopic (exact) mass is 426 g/mol. The average Bonchev–Trinajstić information content (AvgIpc) is 3.15. The lowest BCUT2D eigenvalue weighted by atomic mass is 10.00. The Morgan fingerprint density at radius 1 is 1.08 bits per heavy atom. The van der Waals surface area contributed by atoms with Crippen LogP contribution < -0.4 is 10.6 Å². The Bertz CT molecular complexity index is 706. The van der Waals surface area contributed by atoms with Gasteiger partial charge in [0.15, 0.2) is 0 Å². The summed E-state index contributed by atoms with van der Waals surface area (Å²) in [7, 11) is 0. The van der Waals surface area contributed by atoms with Crippen LogP contribution in [-0.4, -0.2) is 24.0 Å². The van der Waals surface area contributed by atoms with Crippen LogP contribution >= 0.6 is 39.7 Å². The Morgan fingerprint density at radius 3 is 2.42 bits per heavy atom. The lowest BCUT2D eigenvalue weighted by molar-refractivity contribution is 0.0928. The van der Waals surface area contributed by atoms with Gasteiger partial charge in [-0.2, -0.15) is 0 Å². The topological polar surface area (TPSA) is 41.1 Å². The fourth-order valence-corrected chi connectivity index (χ4v) is 4.84. The fourth-order valence-electron chi connectivity index (χ4n) is 3.66. The van der Waals surface area contributed by atoms with Crippen molar-refractivity contribution >= 4 is 45.6 Å². The molecule has 1 aromatic heterocycles. The van der Waals surface area contributed by atoms with Gasteiger partial charge in [-0.3, -0.25) is 4.79 Å². The molecule has 3 heterocycles. The zero-order chi connectivity index (χ0) is 15.8. The van der Waals surface area contributed by atoms with Crippen LogP contribution in [0.15, 0.2) is 40.9 Å². The Hall–Kier alpha value is -0.880. The number of fused-ring (bicyclic) bond motifs is 2. The standard InChI is InChI=1S/C18H19BrN2OS.ClH/c19-12-3-1-11(2-4-12)16-7-8-17(23-16)18(22)21-15-9-13-5-6-14(10-15)20-13;/h1-4,7-8,13-15,20H,5-6,9-10H2,(H,21,22);1H. The molecule has 3 nitrogen and oxygen atoms in total. The van der Waals surface area contributed by atoms with E-state index in [0.29, 0.717) is 18.1 Å². The lowest BCUT2D eigenvalue weighted by Crippen LogP contribution is -2.47. The summed E-state index contributed by atoms with van der Waals surface area (Å²) in [5.41, 5.74) is 1.15. The molecule has 24 heavy (non-hydrogen) atoms. The van der Waals surface area contributed by atoms with Crippen molar-refractivity contribution in [2.45, 2.75) is 43.8 Å². The smallest absolute Gasteiger partial charge is 0.261 e. The van der Waals surface area contributed by atoms with Gasteiger partial charge < -0.3 is 10.6 Å². The summed E-state index contributed by atoms with van der Waals surface area (Å²) < 4.78 is 1.07. The molecule has 0 saturated carbocycles. The Morgan fingerprint density at radius 2 is 1.75 bits per heavy atom. The van der Waals surface area contributed by atoms with E-state index in [0.717, 1.165) is 32.6 Å². The van der Waals surface area contributed by atoms with E-state index < -0.39 is 0 Å². The van der Waals surface area contributed by atoms with Crippen LogP contribution in [0, 0.1) is 0 Å². The molecule has 2 aromatic rings. The Balaban J connectivity index is 0.00000169. The van der Waals surface area contributed by atoms with Crippen molar-refractivity contribution in [2.75, 3.05) is 0 Å². The zero-order valence-corrected chi connectivity index (χ0v) is 16.3. The molecule has 2 atom stereocenters. The van der Waals surface area contributed by atoms with Crippen LogP contribution in [0.3, 0.4) is 0 Å². The van der Waals surface area contributed by atoms with E-state index in [1.807, 2.05) is 24.3 Å².